The lowest BCUT2D eigenvalue weighted by Crippen LogP contribution is -2.64. The molecule has 32 heavy (non-hydrogen) atoms. The van der Waals surface area contributed by atoms with E-state index in [1.807, 2.05) is 31.2 Å². The number of rotatable bonds is 6. The number of hydrogen-bond acceptors (Lipinski definition) is 4. The monoisotopic (exact) mass is 501 g/mol. The molecule has 2 heterocycles. The first-order valence-electron chi connectivity index (χ1n) is 11.1. The van der Waals surface area contributed by atoms with E-state index >= 15 is 0 Å². The molecule has 1 aromatic heterocycles. The highest BCUT2D eigenvalue weighted by atomic mass is 79.9. The van der Waals surface area contributed by atoms with Crippen LogP contribution in [0.5, 0.6) is 0 Å². The fraction of sp³-hybridized carbons (Fsp3) is 0.478. The Morgan fingerprint density at radius 1 is 1.25 bits per heavy atom. The topological polar surface area (TPSA) is 96.3 Å². The number of amides is 3. The van der Waals surface area contributed by atoms with Gasteiger partial charge in [0.1, 0.15) is 11.2 Å². The van der Waals surface area contributed by atoms with Gasteiger partial charge in [-0.1, -0.05) is 47.0 Å². The quantitative estimate of drug-likeness (QED) is 0.635. The summed E-state index contributed by atoms with van der Waals surface area (Å²) in [6.07, 6.45) is 4.16. The number of benzene rings is 1. The highest BCUT2D eigenvalue weighted by Crippen LogP contribution is 2.28. The van der Waals surface area contributed by atoms with Crippen LogP contribution in [0.25, 0.3) is 0 Å². The van der Waals surface area contributed by atoms with Gasteiger partial charge in [-0.2, -0.15) is 5.10 Å². The fourth-order valence-electron chi connectivity index (χ4n) is 4.57. The van der Waals surface area contributed by atoms with Crippen LogP contribution in [0.3, 0.4) is 0 Å². The summed E-state index contributed by atoms with van der Waals surface area (Å²) < 4.78 is 2.40. The van der Waals surface area contributed by atoms with Crippen molar-refractivity contribution in [2.24, 2.45) is 0 Å². The molecule has 1 aromatic carbocycles. The van der Waals surface area contributed by atoms with Gasteiger partial charge in [0.15, 0.2) is 5.69 Å². The second-order valence-corrected chi connectivity index (χ2v) is 9.48. The third-order valence-electron chi connectivity index (χ3n) is 6.42. The first-order chi connectivity index (χ1) is 15.3. The van der Waals surface area contributed by atoms with Crippen LogP contribution in [0.15, 0.2) is 34.8 Å². The molecule has 8 nitrogen and oxygen atoms in total. The van der Waals surface area contributed by atoms with Crippen molar-refractivity contribution in [1.82, 2.24) is 25.3 Å². The van der Waals surface area contributed by atoms with Crippen molar-refractivity contribution in [2.75, 3.05) is 6.54 Å². The molecule has 2 aromatic rings. The molecule has 0 unspecified atom stereocenters. The maximum Gasteiger partial charge on any atom is 0.273 e. The summed E-state index contributed by atoms with van der Waals surface area (Å²) in [4.78, 5) is 40.7. The number of carbonyl (C=O) groups is 3. The Kier molecular flexibility index (Phi) is 6.37. The summed E-state index contributed by atoms with van der Waals surface area (Å²) in [5.74, 6) is -0.823. The Hall–Kier alpha value is -2.68. The SMILES string of the molecule is CCN1C(=O)c2cc(C(=O)NCc3ccccc3Br)nn2C[C@]1(C)C(=O)NC1CCCC1. The molecule has 0 spiro atoms. The van der Waals surface area contributed by atoms with Crippen molar-refractivity contribution in [1.29, 1.82) is 0 Å². The molecule has 3 amide bonds. The lowest BCUT2D eigenvalue weighted by atomic mass is 9.94. The first kappa shape index (κ1) is 22.5. The van der Waals surface area contributed by atoms with E-state index in [0.717, 1.165) is 35.7 Å². The molecule has 0 bridgehead atoms. The molecule has 1 aliphatic heterocycles. The molecule has 1 aliphatic carbocycles. The van der Waals surface area contributed by atoms with Crippen LogP contribution in [-0.2, 0) is 17.9 Å². The molecule has 170 valence electrons. The number of hydrogen-bond donors (Lipinski definition) is 2. The third-order valence-corrected chi connectivity index (χ3v) is 7.20. The minimum Gasteiger partial charge on any atom is -0.351 e. The van der Waals surface area contributed by atoms with Gasteiger partial charge in [0, 0.05) is 29.7 Å². The largest absolute Gasteiger partial charge is 0.351 e. The summed E-state index contributed by atoms with van der Waals surface area (Å²) >= 11 is 3.47. The van der Waals surface area contributed by atoms with Gasteiger partial charge in [0.2, 0.25) is 5.91 Å². The molecule has 9 heteroatoms. The average molecular weight is 502 g/mol. The Balaban J connectivity index is 1.53. The summed E-state index contributed by atoms with van der Waals surface area (Å²) in [5, 5.41) is 10.3. The number of nitrogens with one attached hydrogen (secondary N) is 2. The number of aromatic nitrogens is 2. The van der Waals surface area contributed by atoms with Crippen LogP contribution in [0.1, 0.15) is 66.1 Å². The van der Waals surface area contributed by atoms with Gasteiger partial charge in [-0.05, 0) is 38.3 Å². The highest BCUT2D eigenvalue weighted by Gasteiger charge is 2.48. The molecule has 0 saturated heterocycles. The zero-order valence-electron chi connectivity index (χ0n) is 18.4. The molecule has 4 rings (SSSR count). The number of carbonyl (C=O) groups excluding carboxylic acids is 3. The van der Waals surface area contributed by atoms with Gasteiger partial charge in [-0.15, -0.1) is 0 Å². The van der Waals surface area contributed by atoms with Crippen molar-refractivity contribution in [2.45, 2.75) is 64.2 Å². The standard InChI is InChI=1S/C23H28BrN5O3/c1-3-28-21(31)19-12-18(20(30)25-13-15-8-4-7-11-17(15)24)27-29(19)14-23(28,2)22(32)26-16-9-5-6-10-16/h4,7-8,11-12,16H,3,5-6,9-10,13-14H2,1-2H3,(H,25,30)(H,26,32)/t23-/m1/s1. The highest BCUT2D eigenvalue weighted by molar-refractivity contribution is 9.10. The summed E-state index contributed by atoms with van der Waals surface area (Å²) in [6, 6.07) is 9.30. The number of halogens is 1. The summed E-state index contributed by atoms with van der Waals surface area (Å²) in [7, 11) is 0. The van der Waals surface area contributed by atoms with Crippen molar-refractivity contribution in [3.63, 3.8) is 0 Å². The zero-order valence-corrected chi connectivity index (χ0v) is 19.9. The van der Waals surface area contributed by atoms with Crippen LogP contribution in [-0.4, -0.2) is 50.5 Å². The Morgan fingerprint density at radius 3 is 2.66 bits per heavy atom. The molecule has 2 N–H and O–H groups in total. The molecular formula is C23H28BrN5O3. The predicted octanol–water partition coefficient (Wildman–Crippen LogP) is 2.87. The second-order valence-electron chi connectivity index (χ2n) is 8.62. The van der Waals surface area contributed by atoms with E-state index in [-0.39, 0.29) is 36.0 Å². The first-order valence-corrected chi connectivity index (χ1v) is 11.8. The Morgan fingerprint density at radius 2 is 1.97 bits per heavy atom. The lowest BCUT2D eigenvalue weighted by molar-refractivity contribution is -0.133. The summed E-state index contributed by atoms with van der Waals surface area (Å²) in [6.45, 7) is 4.56. The molecule has 1 atom stereocenters. The van der Waals surface area contributed by atoms with E-state index in [1.54, 1.807) is 11.8 Å². The Bertz CT molecular complexity index is 1050. The number of likely N-dealkylation sites (N-methyl/N-ethyl adjacent to an activating group) is 1. The van der Waals surface area contributed by atoms with E-state index in [0.29, 0.717) is 18.8 Å². The van der Waals surface area contributed by atoms with Gasteiger partial charge >= 0.3 is 0 Å². The van der Waals surface area contributed by atoms with Gasteiger partial charge in [-0.3, -0.25) is 19.1 Å². The minimum absolute atomic E-state index is 0.158. The number of nitrogens with zero attached hydrogens (tertiary/aromatic N) is 3. The number of fused-ring (bicyclic) bond motifs is 1. The molecule has 2 aliphatic rings. The lowest BCUT2D eigenvalue weighted by Gasteiger charge is -2.43. The van der Waals surface area contributed by atoms with Gasteiger partial charge in [-0.25, -0.2) is 0 Å². The van der Waals surface area contributed by atoms with E-state index in [9.17, 15) is 14.4 Å². The van der Waals surface area contributed by atoms with E-state index < -0.39 is 5.54 Å². The van der Waals surface area contributed by atoms with Crippen molar-refractivity contribution in [3.8, 4) is 0 Å². The normalized spacial score (nSPS) is 20.8. The fourth-order valence-corrected chi connectivity index (χ4v) is 4.99. The van der Waals surface area contributed by atoms with Gasteiger partial charge in [0.25, 0.3) is 11.8 Å². The van der Waals surface area contributed by atoms with Crippen LogP contribution in [0, 0.1) is 0 Å². The molecule has 1 saturated carbocycles. The second kappa shape index (κ2) is 9.05. The van der Waals surface area contributed by atoms with Crippen LogP contribution in [0.4, 0.5) is 0 Å². The Labute approximate surface area is 195 Å². The predicted molar refractivity (Wildman–Crippen MR) is 123 cm³/mol. The smallest absolute Gasteiger partial charge is 0.273 e. The molecule has 1 fully saturated rings. The van der Waals surface area contributed by atoms with Crippen molar-refractivity contribution in [3.05, 3.63) is 51.8 Å². The maximum absolute atomic E-state index is 13.2. The average Bonchev–Trinajstić information content (AvgIpc) is 3.43. The van der Waals surface area contributed by atoms with Gasteiger partial charge < -0.3 is 15.5 Å². The van der Waals surface area contributed by atoms with E-state index in [2.05, 4.69) is 31.7 Å². The third kappa shape index (κ3) is 4.18. The van der Waals surface area contributed by atoms with Crippen molar-refractivity contribution >= 4 is 33.7 Å². The van der Waals surface area contributed by atoms with Gasteiger partial charge in [0.05, 0.1) is 6.54 Å². The molecule has 0 radical (unpaired) electrons. The molecular weight excluding hydrogens is 474 g/mol. The maximum atomic E-state index is 13.2. The van der Waals surface area contributed by atoms with Crippen LogP contribution in [0.2, 0.25) is 0 Å². The van der Waals surface area contributed by atoms with Crippen molar-refractivity contribution < 1.29 is 14.4 Å². The summed E-state index contributed by atoms with van der Waals surface area (Å²) in [5.41, 5.74) is 0.367. The van der Waals surface area contributed by atoms with Crippen LogP contribution < -0.4 is 10.6 Å². The van der Waals surface area contributed by atoms with E-state index in [1.165, 1.54) is 10.7 Å². The zero-order chi connectivity index (χ0) is 22.9. The minimum atomic E-state index is -1.06. The van der Waals surface area contributed by atoms with Crippen LogP contribution >= 0.6 is 15.9 Å². The van der Waals surface area contributed by atoms with E-state index in [4.69, 9.17) is 0 Å².